The molecule has 1 unspecified atom stereocenters. The lowest BCUT2D eigenvalue weighted by Gasteiger charge is -2.04. The van der Waals surface area contributed by atoms with E-state index in [9.17, 15) is 14.4 Å². The molecular formula is C12H20Cl2O6. The Morgan fingerprint density at radius 1 is 1.05 bits per heavy atom. The zero-order valence-electron chi connectivity index (χ0n) is 11.6. The number of carbonyl (C=O) groups is 3. The Hall–Kier alpha value is -0.850. The normalized spacial score (nSPS) is 10.8. The van der Waals surface area contributed by atoms with Crippen LogP contribution in [0.3, 0.4) is 0 Å². The van der Waals surface area contributed by atoms with E-state index in [-0.39, 0.29) is 30.4 Å². The van der Waals surface area contributed by atoms with Gasteiger partial charge in [0.2, 0.25) is 0 Å². The number of ether oxygens (including phenoxy) is 2. The molecule has 0 bridgehead atoms. The first kappa shape index (κ1) is 21.4. The maximum Gasteiger partial charge on any atom is 0.313 e. The average molecular weight is 331 g/mol. The molecule has 1 N–H and O–H groups in total. The molecule has 0 aromatic carbocycles. The summed E-state index contributed by atoms with van der Waals surface area (Å²) in [7, 11) is 0. The summed E-state index contributed by atoms with van der Waals surface area (Å²) in [5.74, 6) is -1.28. The van der Waals surface area contributed by atoms with Crippen LogP contribution in [0.5, 0.6) is 0 Å². The Morgan fingerprint density at radius 2 is 1.55 bits per heavy atom. The predicted molar refractivity (Wildman–Crippen MR) is 75.0 cm³/mol. The highest BCUT2D eigenvalue weighted by molar-refractivity contribution is 6.28. The molecule has 0 amide bonds. The summed E-state index contributed by atoms with van der Waals surface area (Å²) in [5, 5.41) is 8.82. The van der Waals surface area contributed by atoms with Crippen molar-refractivity contribution >= 4 is 40.9 Å². The van der Waals surface area contributed by atoms with Crippen molar-refractivity contribution in [2.45, 2.75) is 32.8 Å². The van der Waals surface area contributed by atoms with Gasteiger partial charge in [-0.2, -0.15) is 0 Å². The van der Waals surface area contributed by atoms with Crippen LogP contribution in [0.2, 0.25) is 0 Å². The zero-order chi connectivity index (χ0) is 16.0. The van der Waals surface area contributed by atoms with Crippen LogP contribution in [-0.2, 0) is 23.9 Å². The van der Waals surface area contributed by atoms with E-state index in [0.717, 1.165) is 0 Å². The largest absolute Gasteiger partial charge is 0.466 e. The van der Waals surface area contributed by atoms with Gasteiger partial charge < -0.3 is 14.6 Å². The summed E-state index contributed by atoms with van der Waals surface area (Å²) in [6.07, 6.45) is -1.00. The van der Waals surface area contributed by atoms with Gasteiger partial charge in [-0.15, -0.1) is 23.2 Å². The smallest absolute Gasteiger partial charge is 0.313 e. The fraction of sp³-hybridized carbons (Fsp3) is 0.750. The maximum atomic E-state index is 10.6. The average Bonchev–Trinajstić information content (AvgIpc) is 2.39. The number of rotatable bonds is 8. The van der Waals surface area contributed by atoms with Crippen LogP contribution in [0.1, 0.15) is 26.7 Å². The van der Waals surface area contributed by atoms with Crippen LogP contribution in [0, 0.1) is 0 Å². The van der Waals surface area contributed by atoms with Gasteiger partial charge in [0, 0.05) is 5.88 Å². The minimum Gasteiger partial charge on any atom is -0.466 e. The van der Waals surface area contributed by atoms with E-state index in [1.165, 1.54) is 0 Å². The van der Waals surface area contributed by atoms with E-state index in [4.69, 9.17) is 28.3 Å². The number of esters is 2. The van der Waals surface area contributed by atoms with Crippen LogP contribution in [0.15, 0.2) is 0 Å². The van der Waals surface area contributed by atoms with Gasteiger partial charge in [0.1, 0.15) is 6.42 Å². The topological polar surface area (TPSA) is 89.9 Å². The van der Waals surface area contributed by atoms with Crippen LogP contribution in [0.25, 0.3) is 0 Å². The molecular weight excluding hydrogens is 311 g/mol. The molecule has 118 valence electrons. The summed E-state index contributed by atoms with van der Waals surface area (Å²) in [6.45, 7) is 4.04. The summed E-state index contributed by atoms with van der Waals surface area (Å²) < 4.78 is 9.05. The summed E-state index contributed by atoms with van der Waals surface area (Å²) >= 11 is 10.4. The molecule has 1 atom stereocenters. The first-order valence-electron chi connectivity index (χ1n) is 6.04. The van der Waals surface area contributed by atoms with Gasteiger partial charge in [0.05, 0.1) is 31.6 Å². The van der Waals surface area contributed by atoms with Gasteiger partial charge in [0.25, 0.3) is 0 Å². The van der Waals surface area contributed by atoms with Crippen molar-refractivity contribution in [2.75, 3.05) is 25.0 Å². The van der Waals surface area contributed by atoms with E-state index in [2.05, 4.69) is 9.47 Å². The van der Waals surface area contributed by atoms with E-state index in [1.807, 2.05) is 0 Å². The Balaban J connectivity index is 0. The van der Waals surface area contributed by atoms with Gasteiger partial charge in [-0.25, -0.2) is 0 Å². The van der Waals surface area contributed by atoms with Crippen molar-refractivity contribution in [3.05, 3.63) is 0 Å². The number of ketones is 1. The van der Waals surface area contributed by atoms with E-state index in [1.54, 1.807) is 13.8 Å². The van der Waals surface area contributed by atoms with Gasteiger partial charge in [-0.05, 0) is 13.8 Å². The highest BCUT2D eigenvalue weighted by Crippen LogP contribution is 1.96. The Labute approximate surface area is 128 Å². The molecule has 0 fully saturated rings. The van der Waals surface area contributed by atoms with Crippen molar-refractivity contribution < 1.29 is 29.0 Å². The number of aliphatic hydroxyl groups excluding tert-OH is 1. The monoisotopic (exact) mass is 330 g/mol. The predicted octanol–water partition coefficient (Wildman–Crippen LogP) is 1.29. The number of carbonyl (C=O) groups excluding carboxylic acids is 3. The minimum absolute atomic E-state index is 0.0165. The highest BCUT2D eigenvalue weighted by atomic mass is 35.5. The van der Waals surface area contributed by atoms with Crippen molar-refractivity contribution in [3.63, 3.8) is 0 Å². The second-order valence-corrected chi connectivity index (χ2v) is 4.05. The van der Waals surface area contributed by atoms with E-state index in [0.29, 0.717) is 13.2 Å². The highest BCUT2D eigenvalue weighted by Gasteiger charge is 2.09. The Bertz CT molecular complexity index is 296. The molecule has 8 heteroatoms. The number of alkyl halides is 2. The molecule has 0 aliphatic carbocycles. The van der Waals surface area contributed by atoms with Crippen LogP contribution < -0.4 is 0 Å². The molecule has 0 aromatic rings. The molecule has 0 spiro atoms. The van der Waals surface area contributed by atoms with Gasteiger partial charge in [0.15, 0.2) is 5.78 Å². The molecule has 0 saturated heterocycles. The molecule has 0 aliphatic heterocycles. The molecule has 0 aliphatic rings. The van der Waals surface area contributed by atoms with Crippen molar-refractivity contribution in [3.8, 4) is 0 Å². The van der Waals surface area contributed by atoms with E-state index < -0.39 is 18.0 Å². The van der Waals surface area contributed by atoms with Crippen molar-refractivity contribution in [2.24, 2.45) is 0 Å². The first-order chi connectivity index (χ1) is 9.40. The molecule has 0 aromatic heterocycles. The number of Topliss-reactive ketones (excluding diaryl/α,β-unsaturated/α-hetero) is 1. The fourth-order valence-corrected chi connectivity index (χ4v) is 1.09. The third-order valence-electron chi connectivity index (χ3n) is 1.68. The molecule has 6 nitrogen and oxygen atoms in total. The molecule has 20 heavy (non-hydrogen) atoms. The maximum absolute atomic E-state index is 10.6. The lowest BCUT2D eigenvalue weighted by Crippen LogP contribution is -2.16. The summed E-state index contributed by atoms with van der Waals surface area (Å²) in [6, 6.07) is 0. The molecule has 0 heterocycles. The van der Waals surface area contributed by atoms with Crippen molar-refractivity contribution in [1.29, 1.82) is 0 Å². The third-order valence-corrected chi connectivity index (χ3v) is 2.34. The first-order valence-corrected chi connectivity index (χ1v) is 7.10. The lowest BCUT2D eigenvalue weighted by molar-refractivity contribution is -0.146. The fourth-order valence-electron chi connectivity index (χ4n) is 0.887. The quantitative estimate of drug-likeness (QED) is 0.409. The molecule has 0 rings (SSSR count). The minimum atomic E-state index is -0.777. The SMILES string of the molecule is CCOC(=O)CC(=O)CCl.CCOC(=O)CC(O)CCl. The van der Waals surface area contributed by atoms with Crippen LogP contribution in [-0.4, -0.2) is 53.9 Å². The number of hydrogen-bond acceptors (Lipinski definition) is 6. The Kier molecular flexibility index (Phi) is 15.6. The van der Waals surface area contributed by atoms with Crippen LogP contribution >= 0.6 is 23.2 Å². The zero-order valence-corrected chi connectivity index (χ0v) is 13.1. The van der Waals surface area contributed by atoms with Gasteiger partial charge in [-0.1, -0.05) is 0 Å². The number of hydrogen-bond donors (Lipinski definition) is 1. The second-order valence-electron chi connectivity index (χ2n) is 3.47. The summed E-state index contributed by atoms with van der Waals surface area (Å²) in [5.41, 5.74) is 0. The number of halogens is 2. The number of aliphatic hydroxyl groups is 1. The Morgan fingerprint density at radius 3 is 1.95 bits per heavy atom. The molecule has 0 radical (unpaired) electrons. The van der Waals surface area contributed by atoms with Gasteiger partial charge >= 0.3 is 11.9 Å². The standard InChI is InChI=1S/C6H11ClO3.C6H9ClO3/c2*1-2-10-6(9)3-5(8)4-7/h5,8H,2-4H2,1H3;2-4H2,1H3. The second kappa shape index (κ2) is 14.6. The third kappa shape index (κ3) is 15.2. The van der Waals surface area contributed by atoms with E-state index >= 15 is 0 Å². The van der Waals surface area contributed by atoms with Crippen LogP contribution in [0.4, 0.5) is 0 Å². The van der Waals surface area contributed by atoms with Crippen molar-refractivity contribution in [1.82, 2.24) is 0 Å². The summed E-state index contributed by atoms with van der Waals surface area (Å²) in [4.78, 5) is 31.5. The molecule has 0 saturated carbocycles. The lowest BCUT2D eigenvalue weighted by atomic mass is 10.3. The van der Waals surface area contributed by atoms with Gasteiger partial charge in [-0.3, -0.25) is 14.4 Å².